The summed E-state index contributed by atoms with van der Waals surface area (Å²) in [6.07, 6.45) is 1.91. The minimum absolute atomic E-state index is 0.514. The minimum atomic E-state index is 0.514. The molecule has 0 aliphatic carbocycles. The summed E-state index contributed by atoms with van der Waals surface area (Å²) in [5.74, 6) is 0.514. The maximum atomic E-state index is 5.76. The molecule has 2 N–H and O–H groups in total. The molecule has 0 atom stereocenters. The molecule has 2 aromatic rings. The van der Waals surface area contributed by atoms with Crippen LogP contribution in [0.2, 0.25) is 0 Å². The van der Waals surface area contributed by atoms with E-state index >= 15 is 0 Å². The van der Waals surface area contributed by atoms with Crippen molar-refractivity contribution in [2.24, 2.45) is 0 Å². The zero-order valence-electron chi connectivity index (χ0n) is 7.74. The van der Waals surface area contributed by atoms with E-state index in [0.717, 1.165) is 15.9 Å². The van der Waals surface area contributed by atoms with Crippen LogP contribution < -0.4 is 5.73 Å². The van der Waals surface area contributed by atoms with Gasteiger partial charge < -0.3 is 5.73 Å². The van der Waals surface area contributed by atoms with E-state index in [1.54, 1.807) is 0 Å². The van der Waals surface area contributed by atoms with Crippen molar-refractivity contribution >= 4 is 21.9 Å². The number of anilines is 1. The van der Waals surface area contributed by atoms with Gasteiger partial charge in [0, 0.05) is 16.4 Å². The van der Waals surface area contributed by atoms with Crippen LogP contribution in [0.3, 0.4) is 0 Å². The number of rotatable bonds is 1. The van der Waals surface area contributed by atoms with Crippen LogP contribution in [-0.2, 0) is 0 Å². The fourth-order valence-corrected chi connectivity index (χ4v) is 1.74. The van der Waals surface area contributed by atoms with E-state index in [0.29, 0.717) is 5.95 Å². The Morgan fingerprint density at radius 3 is 2.79 bits per heavy atom. The molecule has 14 heavy (non-hydrogen) atoms. The maximum absolute atomic E-state index is 5.76. The summed E-state index contributed by atoms with van der Waals surface area (Å²) >= 11 is 3.42. The number of hydrogen-bond donors (Lipinski definition) is 1. The van der Waals surface area contributed by atoms with E-state index in [-0.39, 0.29) is 0 Å². The molecule has 0 spiro atoms. The topological polar surface area (TPSA) is 43.8 Å². The maximum Gasteiger partial charge on any atom is 0.205 e. The monoisotopic (exact) mass is 251 g/mol. The van der Waals surface area contributed by atoms with Gasteiger partial charge >= 0.3 is 0 Å². The van der Waals surface area contributed by atoms with Crippen molar-refractivity contribution in [1.29, 1.82) is 0 Å². The van der Waals surface area contributed by atoms with E-state index in [2.05, 4.69) is 20.9 Å². The molecule has 0 saturated heterocycles. The Morgan fingerprint density at radius 1 is 1.43 bits per heavy atom. The molecule has 0 amide bonds. The molecular weight excluding hydrogens is 242 g/mol. The number of aromatic nitrogens is 2. The smallest absolute Gasteiger partial charge is 0.205 e. The first-order chi connectivity index (χ1) is 6.66. The molecule has 1 aromatic carbocycles. The van der Waals surface area contributed by atoms with Gasteiger partial charge in [0.05, 0.1) is 5.69 Å². The number of benzene rings is 1. The summed E-state index contributed by atoms with van der Waals surface area (Å²) in [5.41, 5.74) is 7.69. The van der Waals surface area contributed by atoms with Gasteiger partial charge in [0.1, 0.15) is 0 Å². The molecule has 0 radical (unpaired) electrons. The lowest BCUT2D eigenvalue weighted by molar-refractivity contribution is 1.07. The van der Waals surface area contributed by atoms with Crippen molar-refractivity contribution in [1.82, 2.24) is 9.55 Å². The zero-order chi connectivity index (χ0) is 10.1. The quantitative estimate of drug-likeness (QED) is 0.847. The first kappa shape index (κ1) is 9.27. The number of nitrogen functional groups attached to an aromatic ring is 1. The lowest BCUT2D eigenvalue weighted by atomic mass is 10.3. The Kier molecular flexibility index (Phi) is 2.29. The van der Waals surface area contributed by atoms with Gasteiger partial charge in [0.25, 0.3) is 0 Å². The van der Waals surface area contributed by atoms with Crippen molar-refractivity contribution in [3.8, 4) is 5.69 Å². The van der Waals surface area contributed by atoms with Crippen molar-refractivity contribution in [3.05, 3.63) is 40.6 Å². The number of hydrogen-bond acceptors (Lipinski definition) is 2. The molecule has 1 heterocycles. The lowest BCUT2D eigenvalue weighted by Gasteiger charge is -2.03. The predicted octanol–water partition coefficient (Wildman–Crippen LogP) is 2.53. The van der Waals surface area contributed by atoms with Gasteiger partial charge in [0.2, 0.25) is 5.95 Å². The summed E-state index contributed by atoms with van der Waals surface area (Å²) < 4.78 is 2.89. The summed E-state index contributed by atoms with van der Waals surface area (Å²) in [4.78, 5) is 4.14. The highest BCUT2D eigenvalue weighted by atomic mass is 79.9. The van der Waals surface area contributed by atoms with Crippen molar-refractivity contribution in [3.63, 3.8) is 0 Å². The van der Waals surface area contributed by atoms with Gasteiger partial charge in [-0.05, 0) is 25.1 Å². The Labute approximate surface area is 90.7 Å². The molecule has 0 aliphatic heterocycles. The van der Waals surface area contributed by atoms with Gasteiger partial charge in [-0.25, -0.2) is 4.98 Å². The second-order valence-electron chi connectivity index (χ2n) is 3.09. The van der Waals surface area contributed by atoms with Gasteiger partial charge in [-0.15, -0.1) is 0 Å². The van der Waals surface area contributed by atoms with Gasteiger partial charge in [-0.2, -0.15) is 0 Å². The summed E-state index contributed by atoms with van der Waals surface area (Å²) in [6.45, 7) is 1.92. The van der Waals surface area contributed by atoms with Gasteiger partial charge in [-0.3, -0.25) is 4.57 Å². The van der Waals surface area contributed by atoms with Crippen molar-refractivity contribution in [2.75, 3.05) is 5.73 Å². The SMILES string of the molecule is Cc1cn(-c2cccc(Br)c2)c(N)n1. The van der Waals surface area contributed by atoms with Gasteiger partial charge in [0.15, 0.2) is 0 Å². The largest absolute Gasteiger partial charge is 0.369 e. The Hall–Kier alpha value is -1.29. The van der Waals surface area contributed by atoms with Crippen LogP contribution in [0.5, 0.6) is 0 Å². The molecule has 3 nitrogen and oxygen atoms in total. The van der Waals surface area contributed by atoms with Crippen LogP contribution in [0.25, 0.3) is 5.69 Å². The van der Waals surface area contributed by atoms with E-state index in [1.165, 1.54) is 0 Å². The minimum Gasteiger partial charge on any atom is -0.369 e. The summed E-state index contributed by atoms with van der Waals surface area (Å²) in [5, 5.41) is 0. The fraction of sp³-hybridized carbons (Fsp3) is 0.100. The first-order valence-corrected chi connectivity index (χ1v) is 5.03. The second kappa shape index (κ2) is 3.46. The zero-order valence-corrected chi connectivity index (χ0v) is 9.32. The van der Waals surface area contributed by atoms with E-state index < -0.39 is 0 Å². The first-order valence-electron chi connectivity index (χ1n) is 4.24. The van der Waals surface area contributed by atoms with Crippen LogP contribution in [0.4, 0.5) is 5.95 Å². The molecular formula is C10H10BrN3. The Bertz CT molecular complexity index is 462. The Morgan fingerprint density at radius 2 is 2.21 bits per heavy atom. The number of aryl methyl sites for hydroxylation is 1. The number of imidazole rings is 1. The van der Waals surface area contributed by atoms with Crippen LogP contribution in [0, 0.1) is 6.92 Å². The fourth-order valence-electron chi connectivity index (χ4n) is 1.35. The van der Waals surface area contributed by atoms with Crippen LogP contribution >= 0.6 is 15.9 Å². The van der Waals surface area contributed by atoms with E-state index in [9.17, 15) is 0 Å². The molecule has 0 aliphatic rings. The molecule has 72 valence electrons. The molecule has 2 rings (SSSR count). The summed E-state index contributed by atoms with van der Waals surface area (Å²) in [6, 6.07) is 7.93. The lowest BCUT2D eigenvalue weighted by Crippen LogP contribution is -1.99. The summed E-state index contributed by atoms with van der Waals surface area (Å²) in [7, 11) is 0. The van der Waals surface area contributed by atoms with Crippen LogP contribution in [0.15, 0.2) is 34.9 Å². The third-order valence-electron chi connectivity index (χ3n) is 1.94. The molecule has 0 unspecified atom stereocenters. The number of nitrogens with zero attached hydrogens (tertiary/aromatic N) is 2. The standard InChI is InChI=1S/C10H10BrN3/c1-7-6-14(10(12)13-7)9-4-2-3-8(11)5-9/h2-6H,1H3,(H2,12,13). The van der Waals surface area contributed by atoms with Crippen molar-refractivity contribution in [2.45, 2.75) is 6.92 Å². The third kappa shape index (κ3) is 1.65. The highest BCUT2D eigenvalue weighted by Gasteiger charge is 2.03. The molecule has 1 aromatic heterocycles. The highest BCUT2D eigenvalue weighted by molar-refractivity contribution is 9.10. The predicted molar refractivity (Wildman–Crippen MR) is 60.4 cm³/mol. The number of halogens is 1. The average molecular weight is 252 g/mol. The molecule has 0 fully saturated rings. The normalized spacial score (nSPS) is 10.4. The van der Waals surface area contributed by atoms with Gasteiger partial charge in [-0.1, -0.05) is 22.0 Å². The molecule has 0 saturated carbocycles. The van der Waals surface area contributed by atoms with E-state index in [1.807, 2.05) is 42.0 Å². The second-order valence-corrected chi connectivity index (χ2v) is 4.01. The third-order valence-corrected chi connectivity index (χ3v) is 2.43. The van der Waals surface area contributed by atoms with Crippen molar-refractivity contribution < 1.29 is 0 Å². The average Bonchev–Trinajstić information content (AvgIpc) is 2.45. The molecule has 0 bridgehead atoms. The van der Waals surface area contributed by atoms with E-state index in [4.69, 9.17) is 5.73 Å². The van der Waals surface area contributed by atoms with Crippen LogP contribution in [-0.4, -0.2) is 9.55 Å². The van der Waals surface area contributed by atoms with Crippen LogP contribution in [0.1, 0.15) is 5.69 Å². The number of nitrogens with two attached hydrogens (primary N) is 1. The Balaban J connectivity index is 2.54. The molecule has 4 heteroatoms. The highest BCUT2D eigenvalue weighted by Crippen LogP contribution is 2.18.